The van der Waals surface area contributed by atoms with Gasteiger partial charge in [0.2, 0.25) is 0 Å². The van der Waals surface area contributed by atoms with Gasteiger partial charge < -0.3 is 20.4 Å². The van der Waals surface area contributed by atoms with E-state index in [2.05, 4.69) is 25.9 Å². The van der Waals surface area contributed by atoms with Gasteiger partial charge in [-0.1, -0.05) is 11.6 Å². The maximum Gasteiger partial charge on any atom is 0.147 e. The van der Waals surface area contributed by atoms with Crippen LogP contribution in [0.25, 0.3) is 11.0 Å². The van der Waals surface area contributed by atoms with E-state index in [1.807, 2.05) is 18.3 Å². The van der Waals surface area contributed by atoms with Crippen LogP contribution in [-0.2, 0) is 13.0 Å². The molecular weight excluding hydrogens is 388 g/mol. The monoisotopic (exact) mass is 408 g/mol. The summed E-state index contributed by atoms with van der Waals surface area (Å²) in [5.74, 6) is 1.23. The van der Waals surface area contributed by atoms with Crippen molar-refractivity contribution in [2.75, 3.05) is 12.3 Å². The Labute approximate surface area is 173 Å². The van der Waals surface area contributed by atoms with Gasteiger partial charge in [0, 0.05) is 30.8 Å². The summed E-state index contributed by atoms with van der Waals surface area (Å²) >= 11 is 6.39. The molecule has 1 aliphatic carbocycles. The summed E-state index contributed by atoms with van der Waals surface area (Å²) in [7, 11) is 0. The van der Waals surface area contributed by atoms with Crippen LogP contribution in [0.3, 0.4) is 0 Å². The molecule has 1 fully saturated rings. The molecular formula is C21H21ClN6O. The van der Waals surface area contributed by atoms with Crippen molar-refractivity contribution in [3.63, 3.8) is 0 Å². The highest BCUT2D eigenvalue weighted by molar-refractivity contribution is 6.36. The summed E-state index contributed by atoms with van der Waals surface area (Å²) in [6.45, 7) is 1.71. The van der Waals surface area contributed by atoms with Crippen molar-refractivity contribution in [2.24, 2.45) is 0 Å². The van der Waals surface area contributed by atoms with Gasteiger partial charge in [0.05, 0.1) is 22.0 Å². The summed E-state index contributed by atoms with van der Waals surface area (Å²) in [5.41, 5.74) is 9.79. The quantitative estimate of drug-likeness (QED) is 0.689. The van der Waals surface area contributed by atoms with Crippen LogP contribution < -0.4 is 15.8 Å². The fourth-order valence-electron chi connectivity index (χ4n) is 4.53. The highest BCUT2D eigenvalue weighted by Gasteiger charge is 2.30. The molecule has 0 bridgehead atoms. The van der Waals surface area contributed by atoms with Crippen molar-refractivity contribution in [1.29, 1.82) is 5.26 Å². The molecule has 8 heteroatoms. The van der Waals surface area contributed by atoms with Crippen LogP contribution >= 0.6 is 11.6 Å². The Kier molecular flexibility index (Phi) is 4.53. The molecule has 5 rings (SSSR count). The number of fused-ring (bicyclic) bond motifs is 2. The molecule has 29 heavy (non-hydrogen) atoms. The summed E-state index contributed by atoms with van der Waals surface area (Å²) in [4.78, 5) is 8.45. The molecule has 148 valence electrons. The first-order valence-corrected chi connectivity index (χ1v) is 10.2. The number of nitrogens with zero attached hydrogens (tertiary/aromatic N) is 4. The Morgan fingerprint density at radius 1 is 1.31 bits per heavy atom. The van der Waals surface area contributed by atoms with Crippen LogP contribution in [-0.4, -0.2) is 27.2 Å². The van der Waals surface area contributed by atoms with Gasteiger partial charge in [-0.05, 0) is 43.5 Å². The van der Waals surface area contributed by atoms with E-state index in [4.69, 9.17) is 22.1 Å². The van der Waals surface area contributed by atoms with Crippen LogP contribution in [0, 0.1) is 11.3 Å². The van der Waals surface area contributed by atoms with Gasteiger partial charge in [-0.2, -0.15) is 5.26 Å². The molecule has 3 N–H and O–H groups in total. The molecule has 7 nitrogen and oxygen atoms in total. The second-order valence-corrected chi connectivity index (χ2v) is 8.11. The average molecular weight is 409 g/mol. The number of ether oxygens (including phenoxy) is 1. The van der Waals surface area contributed by atoms with Gasteiger partial charge >= 0.3 is 0 Å². The molecule has 1 aromatic carbocycles. The number of benzene rings is 1. The third-order valence-electron chi connectivity index (χ3n) is 5.94. The molecule has 2 aliphatic rings. The molecule has 0 amide bonds. The lowest BCUT2D eigenvalue weighted by molar-refractivity contribution is 0.202. The van der Waals surface area contributed by atoms with E-state index < -0.39 is 0 Å². The fourth-order valence-corrected chi connectivity index (χ4v) is 4.82. The molecule has 1 aliphatic heterocycles. The van der Waals surface area contributed by atoms with E-state index in [1.165, 1.54) is 17.5 Å². The predicted molar refractivity (Wildman–Crippen MR) is 111 cm³/mol. The SMILES string of the molecule is N#Cc1cc2c(c(OC3CCC(n4cc(Cl)c5c(N)ncnc54)C3)c1)CNCC2. The number of anilines is 1. The smallest absolute Gasteiger partial charge is 0.147 e. The number of rotatable bonds is 3. The lowest BCUT2D eigenvalue weighted by Crippen LogP contribution is -2.25. The summed E-state index contributed by atoms with van der Waals surface area (Å²) < 4.78 is 8.51. The maximum absolute atomic E-state index is 9.38. The third-order valence-corrected chi connectivity index (χ3v) is 6.23. The van der Waals surface area contributed by atoms with Crippen molar-refractivity contribution in [2.45, 2.75) is 44.4 Å². The molecule has 2 atom stereocenters. The minimum Gasteiger partial charge on any atom is -0.490 e. The summed E-state index contributed by atoms with van der Waals surface area (Å²) in [6.07, 6.45) is 7.11. The fraction of sp³-hybridized carbons (Fsp3) is 0.381. The van der Waals surface area contributed by atoms with Crippen LogP contribution in [0.1, 0.15) is 42.0 Å². The maximum atomic E-state index is 9.38. The zero-order valence-corrected chi connectivity index (χ0v) is 16.6. The molecule has 2 aromatic heterocycles. The second-order valence-electron chi connectivity index (χ2n) is 7.70. The third kappa shape index (κ3) is 3.18. The van der Waals surface area contributed by atoms with E-state index in [0.717, 1.165) is 50.2 Å². The molecule has 0 saturated heterocycles. The number of hydrogen-bond acceptors (Lipinski definition) is 6. The van der Waals surface area contributed by atoms with Gasteiger partial charge in [-0.25, -0.2) is 9.97 Å². The topological polar surface area (TPSA) is 102 Å². The largest absolute Gasteiger partial charge is 0.490 e. The number of aromatic nitrogens is 3. The second kappa shape index (κ2) is 7.21. The van der Waals surface area contributed by atoms with Gasteiger partial charge in [0.1, 0.15) is 29.6 Å². The van der Waals surface area contributed by atoms with Crippen molar-refractivity contribution in [3.05, 3.63) is 46.4 Å². The number of nitrogens with one attached hydrogen (secondary N) is 1. The van der Waals surface area contributed by atoms with Gasteiger partial charge in [0.15, 0.2) is 0 Å². The Balaban J connectivity index is 1.40. The van der Waals surface area contributed by atoms with Crippen molar-refractivity contribution < 1.29 is 4.74 Å². The van der Waals surface area contributed by atoms with Crippen molar-refractivity contribution >= 4 is 28.5 Å². The van der Waals surface area contributed by atoms with E-state index in [0.29, 0.717) is 21.8 Å². The van der Waals surface area contributed by atoms with Crippen LogP contribution in [0.2, 0.25) is 5.02 Å². The molecule has 3 heterocycles. The van der Waals surface area contributed by atoms with Crippen LogP contribution in [0.15, 0.2) is 24.7 Å². The van der Waals surface area contributed by atoms with Gasteiger partial charge in [-0.3, -0.25) is 0 Å². The number of nitriles is 1. The number of hydrogen-bond donors (Lipinski definition) is 2. The van der Waals surface area contributed by atoms with E-state index >= 15 is 0 Å². The lowest BCUT2D eigenvalue weighted by Gasteiger charge is -2.23. The molecule has 0 radical (unpaired) electrons. The summed E-state index contributed by atoms with van der Waals surface area (Å²) in [6, 6.07) is 6.35. The Bertz CT molecular complexity index is 1130. The molecule has 2 unspecified atom stereocenters. The minimum atomic E-state index is 0.0791. The first-order valence-electron chi connectivity index (χ1n) is 9.84. The number of nitrogen functional groups attached to an aromatic ring is 1. The van der Waals surface area contributed by atoms with Gasteiger partial charge in [0.25, 0.3) is 0 Å². The standard InChI is InChI=1S/C21H21ClN6O/c22-17-10-28(21-19(17)20(24)26-11-27-21)14-1-2-15(7-14)29-18-6-12(8-23)5-13-3-4-25-9-16(13)18/h5-6,10-11,14-15,25H,1-4,7,9H2,(H2,24,26,27). The number of nitrogens with two attached hydrogens (primary N) is 1. The van der Waals surface area contributed by atoms with E-state index in [1.54, 1.807) is 0 Å². The van der Waals surface area contributed by atoms with Crippen LogP contribution in [0.4, 0.5) is 5.82 Å². The molecule has 1 saturated carbocycles. The van der Waals surface area contributed by atoms with Crippen molar-refractivity contribution in [1.82, 2.24) is 19.9 Å². The summed E-state index contributed by atoms with van der Waals surface area (Å²) in [5, 5.41) is 14.1. The van der Waals surface area contributed by atoms with E-state index in [-0.39, 0.29) is 12.1 Å². The molecule has 0 spiro atoms. The highest BCUT2D eigenvalue weighted by Crippen LogP contribution is 2.39. The molecule has 3 aromatic rings. The van der Waals surface area contributed by atoms with Crippen molar-refractivity contribution in [3.8, 4) is 11.8 Å². The highest BCUT2D eigenvalue weighted by atomic mass is 35.5. The first kappa shape index (κ1) is 18.2. The zero-order chi connectivity index (χ0) is 20.0. The zero-order valence-electron chi connectivity index (χ0n) is 15.9. The Morgan fingerprint density at radius 2 is 2.21 bits per heavy atom. The first-order chi connectivity index (χ1) is 14.1. The predicted octanol–water partition coefficient (Wildman–Crippen LogP) is 3.36. The van der Waals surface area contributed by atoms with Crippen LogP contribution in [0.5, 0.6) is 5.75 Å². The minimum absolute atomic E-state index is 0.0791. The Hall–Kier alpha value is -2.82. The normalized spacial score (nSPS) is 21.1. The van der Waals surface area contributed by atoms with E-state index in [9.17, 15) is 5.26 Å². The Morgan fingerprint density at radius 3 is 3.07 bits per heavy atom. The lowest BCUT2D eigenvalue weighted by atomic mass is 9.97. The average Bonchev–Trinajstić information content (AvgIpc) is 3.33. The van der Waals surface area contributed by atoms with Gasteiger partial charge in [-0.15, -0.1) is 0 Å². The number of halogens is 1.